The zero-order chi connectivity index (χ0) is 11.0. The van der Waals surface area contributed by atoms with Crippen molar-refractivity contribution in [3.05, 3.63) is 11.6 Å². The van der Waals surface area contributed by atoms with Gasteiger partial charge in [0, 0.05) is 18.0 Å². The molecule has 3 heterocycles. The Balaban J connectivity index is 1.53. The summed E-state index contributed by atoms with van der Waals surface area (Å²) in [6.45, 7) is 0. The Morgan fingerprint density at radius 2 is 2.56 bits per heavy atom. The van der Waals surface area contributed by atoms with Crippen molar-refractivity contribution in [2.45, 2.75) is 37.9 Å². The van der Waals surface area contributed by atoms with Crippen molar-refractivity contribution in [2.24, 2.45) is 5.92 Å². The average Bonchev–Trinajstić information content (AvgIpc) is 2.92. The third kappa shape index (κ3) is 1.97. The van der Waals surface area contributed by atoms with Crippen LogP contribution < -0.4 is 5.32 Å². The van der Waals surface area contributed by atoms with Crippen LogP contribution in [0.2, 0.25) is 0 Å². The molecule has 4 nitrogen and oxygen atoms in total. The van der Waals surface area contributed by atoms with Gasteiger partial charge < -0.3 is 10.1 Å². The highest BCUT2D eigenvalue weighted by atomic mass is 32.1. The molecular formula is C11H14N2O2S. The van der Waals surface area contributed by atoms with Crippen molar-refractivity contribution in [3.8, 4) is 0 Å². The lowest BCUT2D eigenvalue weighted by molar-refractivity contribution is -0.117. The van der Waals surface area contributed by atoms with E-state index in [1.165, 1.54) is 17.8 Å². The van der Waals surface area contributed by atoms with Gasteiger partial charge in [0.15, 0.2) is 5.13 Å². The van der Waals surface area contributed by atoms with Crippen LogP contribution in [0.5, 0.6) is 0 Å². The van der Waals surface area contributed by atoms with E-state index in [4.69, 9.17) is 4.74 Å². The van der Waals surface area contributed by atoms with E-state index in [9.17, 15) is 4.79 Å². The summed E-state index contributed by atoms with van der Waals surface area (Å²) in [5.41, 5.74) is 0. The molecule has 1 amide bonds. The van der Waals surface area contributed by atoms with E-state index in [1.807, 2.05) is 5.38 Å². The Kier molecular flexibility index (Phi) is 2.65. The Hall–Kier alpha value is -0.940. The lowest BCUT2D eigenvalue weighted by Gasteiger charge is -2.17. The van der Waals surface area contributed by atoms with Gasteiger partial charge >= 0.3 is 0 Å². The summed E-state index contributed by atoms with van der Waals surface area (Å²) < 4.78 is 5.73. The molecule has 2 fully saturated rings. The van der Waals surface area contributed by atoms with Gasteiger partial charge in [0.2, 0.25) is 5.91 Å². The molecular weight excluding hydrogens is 224 g/mol. The monoisotopic (exact) mass is 238 g/mol. The van der Waals surface area contributed by atoms with E-state index < -0.39 is 0 Å². The fourth-order valence-corrected chi connectivity index (χ4v) is 3.20. The number of amides is 1. The number of nitrogens with zero attached hydrogens (tertiary/aromatic N) is 1. The van der Waals surface area contributed by atoms with Crippen molar-refractivity contribution in [1.29, 1.82) is 0 Å². The summed E-state index contributed by atoms with van der Waals surface area (Å²) in [5.74, 6) is 0.481. The number of anilines is 1. The van der Waals surface area contributed by atoms with Crippen LogP contribution in [0.3, 0.4) is 0 Å². The predicted octanol–water partition coefficient (Wildman–Crippen LogP) is 2.04. The number of carbonyl (C=O) groups is 1. The second kappa shape index (κ2) is 4.14. The first-order chi connectivity index (χ1) is 7.81. The van der Waals surface area contributed by atoms with Crippen LogP contribution in [0.1, 0.15) is 25.7 Å². The maximum absolute atomic E-state index is 11.7. The molecule has 3 unspecified atom stereocenters. The zero-order valence-electron chi connectivity index (χ0n) is 8.89. The standard InChI is InChI=1S/C11H14N2O2S/c14-10(13-11-12-3-4-16-11)6-7-5-8-1-2-9(7)15-8/h3-4,7-9H,1-2,5-6H2,(H,12,13,14). The van der Waals surface area contributed by atoms with Gasteiger partial charge in [0.1, 0.15) is 0 Å². The lowest BCUT2D eigenvalue weighted by Crippen LogP contribution is -2.23. The molecule has 0 aromatic carbocycles. The number of ether oxygens (including phenoxy) is 1. The minimum absolute atomic E-state index is 0.0658. The van der Waals surface area contributed by atoms with E-state index in [2.05, 4.69) is 10.3 Å². The first-order valence-electron chi connectivity index (χ1n) is 5.66. The van der Waals surface area contributed by atoms with E-state index in [0.29, 0.717) is 29.7 Å². The second-order valence-corrected chi connectivity index (χ2v) is 5.35. The molecule has 3 rings (SSSR count). The van der Waals surface area contributed by atoms with Crippen LogP contribution in [0.25, 0.3) is 0 Å². The molecule has 2 aliphatic heterocycles. The largest absolute Gasteiger partial charge is 0.375 e. The van der Waals surface area contributed by atoms with E-state index in [0.717, 1.165) is 12.8 Å². The van der Waals surface area contributed by atoms with Crippen LogP contribution in [0.4, 0.5) is 5.13 Å². The molecule has 86 valence electrons. The van der Waals surface area contributed by atoms with E-state index >= 15 is 0 Å². The molecule has 0 saturated carbocycles. The lowest BCUT2D eigenvalue weighted by atomic mass is 9.87. The summed E-state index contributed by atoms with van der Waals surface area (Å²) in [6.07, 6.45) is 6.36. The fourth-order valence-electron chi connectivity index (χ4n) is 2.65. The first-order valence-corrected chi connectivity index (χ1v) is 6.54. The van der Waals surface area contributed by atoms with Gasteiger partial charge in [-0.3, -0.25) is 4.79 Å². The van der Waals surface area contributed by atoms with Crippen LogP contribution >= 0.6 is 11.3 Å². The Morgan fingerprint density at radius 3 is 3.19 bits per heavy atom. The molecule has 5 heteroatoms. The molecule has 2 saturated heterocycles. The topological polar surface area (TPSA) is 51.2 Å². The molecule has 1 aromatic heterocycles. The van der Waals surface area contributed by atoms with Gasteiger partial charge in [0.25, 0.3) is 0 Å². The Bertz CT molecular complexity index is 379. The molecule has 0 spiro atoms. The molecule has 3 atom stereocenters. The molecule has 0 radical (unpaired) electrons. The number of fused-ring (bicyclic) bond motifs is 2. The highest BCUT2D eigenvalue weighted by Crippen LogP contribution is 2.40. The number of hydrogen-bond acceptors (Lipinski definition) is 4. The third-order valence-corrected chi connectivity index (χ3v) is 4.05. The number of nitrogens with one attached hydrogen (secondary N) is 1. The average molecular weight is 238 g/mol. The Morgan fingerprint density at radius 1 is 1.62 bits per heavy atom. The Labute approximate surface area is 98.0 Å². The number of aromatic nitrogens is 1. The molecule has 1 aromatic rings. The van der Waals surface area contributed by atoms with E-state index in [-0.39, 0.29) is 5.91 Å². The van der Waals surface area contributed by atoms with Crippen LogP contribution in [-0.4, -0.2) is 23.1 Å². The van der Waals surface area contributed by atoms with Crippen molar-refractivity contribution in [3.63, 3.8) is 0 Å². The molecule has 1 N–H and O–H groups in total. The summed E-state index contributed by atoms with van der Waals surface area (Å²) in [7, 11) is 0. The first kappa shape index (κ1) is 10.2. The zero-order valence-corrected chi connectivity index (χ0v) is 9.70. The van der Waals surface area contributed by atoms with Crippen molar-refractivity contribution in [1.82, 2.24) is 4.98 Å². The fraction of sp³-hybridized carbons (Fsp3) is 0.636. The molecule has 2 aliphatic rings. The van der Waals surface area contributed by atoms with Gasteiger partial charge in [-0.2, -0.15) is 0 Å². The predicted molar refractivity (Wildman–Crippen MR) is 61.4 cm³/mol. The van der Waals surface area contributed by atoms with Gasteiger partial charge in [-0.25, -0.2) is 4.98 Å². The minimum Gasteiger partial charge on any atom is -0.375 e. The van der Waals surface area contributed by atoms with Crippen molar-refractivity contribution in [2.75, 3.05) is 5.32 Å². The minimum atomic E-state index is 0.0658. The van der Waals surface area contributed by atoms with Crippen LogP contribution in [0.15, 0.2) is 11.6 Å². The SMILES string of the molecule is O=C(CC1CC2CCC1O2)Nc1nccs1. The summed E-state index contributed by atoms with van der Waals surface area (Å²) in [6, 6.07) is 0. The third-order valence-electron chi connectivity index (χ3n) is 3.36. The molecule has 0 aliphatic carbocycles. The number of hydrogen-bond donors (Lipinski definition) is 1. The van der Waals surface area contributed by atoms with Gasteiger partial charge in [-0.1, -0.05) is 0 Å². The maximum atomic E-state index is 11.7. The van der Waals surface area contributed by atoms with Crippen molar-refractivity contribution >= 4 is 22.4 Å². The quantitative estimate of drug-likeness (QED) is 0.876. The van der Waals surface area contributed by atoms with Gasteiger partial charge in [0.05, 0.1) is 12.2 Å². The number of rotatable bonds is 3. The number of carbonyl (C=O) groups excluding carboxylic acids is 1. The van der Waals surface area contributed by atoms with Crippen molar-refractivity contribution < 1.29 is 9.53 Å². The highest BCUT2D eigenvalue weighted by molar-refractivity contribution is 7.13. The van der Waals surface area contributed by atoms with Crippen LogP contribution in [-0.2, 0) is 9.53 Å². The van der Waals surface area contributed by atoms with Crippen LogP contribution in [0, 0.1) is 5.92 Å². The second-order valence-electron chi connectivity index (χ2n) is 4.46. The normalized spacial score (nSPS) is 31.9. The molecule has 16 heavy (non-hydrogen) atoms. The smallest absolute Gasteiger partial charge is 0.226 e. The van der Waals surface area contributed by atoms with Gasteiger partial charge in [-0.15, -0.1) is 11.3 Å². The molecule has 2 bridgehead atoms. The highest BCUT2D eigenvalue weighted by Gasteiger charge is 2.41. The van der Waals surface area contributed by atoms with Gasteiger partial charge in [-0.05, 0) is 25.2 Å². The van der Waals surface area contributed by atoms with E-state index in [1.54, 1.807) is 6.20 Å². The number of thiazole rings is 1. The summed E-state index contributed by atoms with van der Waals surface area (Å²) in [4.78, 5) is 15.8. The summed E-state index contributed by atoms with van der Waals surface area (Å²) in [5, 5.41) is 5.37. The summed E-state index contributed by atoms with van der Waals surface area (Å²) >= 11 is 1.45. The maximum Gasteiger partial charge on any atom is 0.226 e.